The average Bonchev–Trinajstić information content (AvgIpc) is 2.99. The van der Waals surface area contributed by atoms with Crippen LogP contribution in [0, 0.1) is 0 Å². The van der Waals surface area contributed by atoms with Crippen LogP contribution in [0.4, 0.5) is 0 Å². The lowest BCUT2D eigenvalue weighted by atomic mass is 10.2. The van der Waals surface area contributed by atoms with Crippen molar-refractivity contribution in [2.24, 2.45) is 7.05 Å². The first-order chi connectivity index (χ1) is 11.7. The first-order valence-corrected chi connectivity index (χ1v) is 7.93. The number of carbonyl (C=O) groups is 1. The second-order valence-corrected chi connectivity index (χ2v) is 5.62. The van der Waals surface area contributed by atoms with E-state index in [0.29, 0.717) is 17.7 Å². The zero-order valence-corrected chi connectivity index (χ0v) is 13.8. The smallest absolute Gasteiger partial charge is 0.253 e. The molecule has 6 heteroatoms. The van der Waals surface area contributed by atoms with Gasteiger partial charge in [-0.25, -0.2) is 9.97 Å². The standard InChI is InChI=1S/C18H20N4O2/c1-3-14(11-24-15-7-5-4-6-8-15)21-18(23)13-9-16-17(19-10-13)22(2)12-20-16/h4-10,12,14H,3,11H2,1-2H3,(H,21,23)/t14-/m0/s1. The van der Waals surface area contributed by atoms with Gasteiger partial charge in [-0.1, -0.05) is 25.1 Å². The van der Waals surface area contributed by atoms with E-state index in [4.69, 9.17) is 4.74 Å². The third-order valence-electron chi connectivity index (χ3n) is 3.84. The number of pyridine rings is 1. The van der Waals surface area contributed by atoms with Crippen LogP contribution in [0.2, 0.25) is 0 Å². The van der Waals surface area contributed by atoms with Crippen LogP contribution in [-0.4, -0.2) is 33.1 Å². The number of ether oxygens (including phenoxy) is 1. The summed E-state index contributed by atoms with van der Waals surface area (Å²) in [5, 5.41) is 2.99. The second-order valence-electron chi connectivity index (χ2n) is 5.62. The van der Waals surface area contributed by atoms with Crippen LogP contribution in [0.1, 0.15) is 23.7 Å². The molecule has 0 unspecified atom stereocenters. The lowest BCUT2D eigenvalue weighted by molar-refractivity contribution is 0.0920. The zero-order valence-electron chi connectivity index (χ0n) is 13.8. The van der Waals surface area contributed by atoms with Crippen LogP contribution < -0.4 is 10.1 Å². The van der Waals surface area contributed by atoms with E-state index >= 15 is 0 Å². The summed E-state index contributed by atoms with van der Waals surface area (Å²) in [6.07, 6.45) is 4.03. The molecule has 1 atom stereocenters. The molecule has 3 aromatic rings. The van der Waals surface area contributed by atoms with Crippen molar-refractivity contribution in [2.45, 2.75) is 19.4 Å². The van der Waals surface area contributed by atoms with Crippen LogP contribution in [0.25, 0.3) is 11.2 Å². The number of hydrogen-bond donors (Lipinski definition) is 1. The Hall–Kier alpha value is -2.89. The fourth-order valence-electron chi connectivity index (χ4n) is 2.38. The Bertz CT molecular complexity index is 829. The van der Waals surface area contributed by atoms with Crippen molar-refractivity contribution >= 4 is 17.1 Å². The lowest BCUT2D eigenvalue weighted by Gasteiger charge is -2.17. The van der Waals surface area contributed by atoms with Crippen molar-refractivity contribution in [3.63, 3.8) is 0 Å². The number of hydrogen-bond acceptors (Lipinski definition) is 4. The predicted octanol–water partition coefficient (Wildman–Crippen LogP) is 2.56. The van der Waals surface area contributed by atoms with Gasteiger partial charge in [-0.15, -0.1) is 0 Å². The molecule has 0 radical (unpaired) electrons. The number of amides is 1. The summed E-state index contributed by atoms with van der Waals surface area (Å²) in [6.45, 7) is 2.44. The van der Waals surface area contributed by atoms with Crippen molar-refractivity contribution in [1.29, 1.82) is 0 Å². The van der Waals surface area contributed by atoms with E-state index in [1.54, 1.807) is 18.6 Å². The van der Waals surface area contributed by atoms with Crippen molar-refractivity contribution in [2.75, 3.05) is 6.61 Å². The molecule has 0 aliphatic heterocycles. The molecule has 0 fully saturated rings. The molecular formula is C18H20N4O2. The maximum atomic E-state index is 12.4. The van der Waals surface area contributed by atoms with Crippen LogP contribution in [0.5, 0.6) is 5.75 Å². The van der Waals surface area contributed by atoms with Gasteiger partial charge in [-0.2, -0.15) is 0 Å². The minimum atomic E-state index is -0.168. The number of nitrogens with one attached hydrogen (secondary N) is 1. The van der Waals surface area contributed by atoms with Crippen molar-refractivity contribution in [1.82, 2.24) is 19.9 Å². The van der Waals surface area contributed by atoms with Gasteiger partial charge in [0.2, 0.25) is 0 Å². The van der Waals surface area contributed by atoms with E-state index in [0.717, 1.165) is 17.8 Å². The minimum absolute atomic E-state index is 0.0721. The molecular weight excluding hydrogens is 304 g/mol. The summed E-state index contributed by atoms with van der Waals surface area (Å²) in [5.74, 6) is 0.625. The van der Waals surface area contributed by atoms with Gasteiger partial charge in [0.25, 0.3) is 5.91 Å². The molecule has 0 saturated carbocycles. The summed E-state index contributed by atoms with van der Waals surface area (Å²) in [7, 11) is 1.87. The first-order valence-electron chi connectivity index (χ1n) is 7.93. The molecule has 0 saturated heterocycles. The normalized spacial score (nSPS) is 12.1. The van der Waals surface area contributed by atoms with Crippen molar-refractivity contribution < 1.29 is 9.53 Å². The number of para-hydroxylation sites is 1. The summed E-state index contributed by atoms with van der Waals surface area (Å²) in [6, 6.07) is 11.2. The number of aromatic nitrogens is 3. The number of carbonyl (C=O) groups excluding carboxylic acids is 1. The molecule has 2 heterocycles. The SMILES string of the molecule is CC[C@@H](COc1ccccc1)NC(=O)c1cnc2c(c1)ncn2C. The van der Waals surface area contributed by atoms with E-state index in [-0.39, 0.29) is 11.9 Å². The van der Waals surface area contributed by atoms with Gasteiger partial charge in [-0.3, -0.25) is 4.79 Å². The van der Waals surface area contributed by atoms with Crippen LogP contribution >= 0.6 is 0 Å². The highest BCUT2D eigenvalue weighted by atomic mass is 16.5. The molecule has 6 nitrogen and oxygen atoms in total. The van der Waals surface area contributed by atoms with Gasteiger partial charge in [0.1, 0.15) is 17.9 Å². The number of benzene rings is 1. The third kappa shape index (κ3) is 3.53. The molecule has 124 valence electrons. The Morgan fingerprint density at radius 1 is 1.29 bits per heavy atom. The molecule has 0 bridgehead atoms. The highest BCUT2D eigenvalue weighted by Gasteiger charge is 2.14. The summed E-state index contributed by atoms with van der Waals surface area (Å²) < 4.78 is 7.54. The first kappa shape index (κ1) is 16.0. The molecule has 1 N–H and O–H groups in total. The highest BCUT2D eigenvalue weighted by Crippen LogP contribution is 2.12. The predicted molar refractivity (Wildman–Crippen MR) is 92.0 cm³/mol. The Morgan fingerprint density at radius 2 is 2.08 bits per heavy atom. The maximum absolute atomic E-state index is 12.4. The van der Waals surface area contributed by atoms with Gasteiger partial charge >= 0.3 is 0 Å². The Kier molecular flexibility index (Phi) is 4.74. The van der Waals surface area contributed by atoms with E-state index in [9.17, 15) is 4.79 Å². The average molecular weight is 324 g/mol. The monoisotopic (exact) mass is 324 g/mol. The molecule has 3 rings (SSSR count). The number of nitrogens with zero attached hydrogens (tertiary/aromatic N) is 3. The molecule has 0 aliphatic carbocycles. The zero-order chi connectivity index (χ0) is 16.9. The van der Waals surface area contributed by atoms with E-state index in [1.165, 1.54) is 0 Å². The topological polar surface area (TPSA) is 69.0 Å². The third-order valence-corrected chi connectivity index (χ3v) is 3.84. The van der Waals surface area contributed by atoms with Gasteiger partial charge in [0.05, 0.1) is 17.9 Å². The number of aryl methyl sites for hydroxylation is 1. The van der Waals surface area contributed by atoms with E-state index < -0.39 is 0 Å². The Balaban J connectivity index is 1.64. The Morgan fingerprint density at radius 3 is 2.83 bits per heavy atom. The van der Waals surface area contributed by atoms with Gasteiger partial charge < -0.3 is 14.6 Å². The summed E-state index contributed by atoms with van der Waals surface area (Å²) in [4.78, 5) is 21.0. The van der Waals surface area contributed by atoms with E-state index in [2.05, 4.69) is 15.3 Å². The molecule has 0 aliphatic rings. The molecule has 1 aromatic carbocycles. The van der Waals surface area contributed by atoms with Gasteiger partial charge in [-0.05, 0) is 24.6 Å². The summed E-state index contributed by atoms with van der Waals surface area (Å²) in [5.41, 5.74) is 1.96. The largest absolute Gasteiger partial charge is 0.491 e. The number of imidazole rings is 1. The van der Waals surface area contributed by atoms with Gasteiger partial charge in [0.15, 0.2) is 5.65 Å². The fraction of sp³-hybridized carbons (Fsp3) is 0.278. The fourth-order valence-corrected chi connectivity index (χ4v) is 2.38. The molecule has 1 amide bonds. The highest BCUT2D eigenvalue weighted by molar-refractivity contribution is 5.96. The lowest BCUT2D eigenvalue weighted by Crippen LogP contribution is -2.38. The second kappa shape index (κ2) is 7.12. The van der Waals surface area contributed by atoms with Crippen LogP contribution in [0.15, 0.2) is 48.9 Å². The molecule has 0 spiro atoms. The minimum Gasteiger partial charge on any atom is -0.491 e. The van der Waals surface area contributed by atoms with Crippen molar-refractivity contribution in [3.05, 3.63) is 54.5 Å². The maximum Gasteiger partial charge on any atom is 0.253 e. The number of fused-ring (bicyclic) bond motifs is 1. The van der Waals surface area contributed by atoms with Crippen molar-refractivity contribution in [3.8, 4) is 5.75 Å². The van der Waals surface area contributed by atoms with E-state index in [1.807, 2.05) is 48.9 Å². The number of rotatable bonds is 6. The van der Waals surface area contributed by atoms with Crippen LogP contribution in [-0.2, 0) is 7.05 Å². The van der Waals surface area contributed by atoms with Crippen LogP contribution in [0.3, 0.4) is 0 Å². The van der Waals surface area contributed by atoms with Gasteiger partial charge in [0, 0.05) is 13.2 Å². The Labute approximate surface area is 140 Å². The molecule has 2 aromatic heterocycles. The summed E-state index contributed by atoms with van der Waals surface area (Å²) >= 11 is 0. The quantitative estimate of drug-likeness (QED) is 0.756. The molecule has 24 heavy (non-hydrogen) atoms.